The van der Waals surface area contributed by atoms with Gasteiger partial charge in [-0.3, -0.25) is 4.79 Å². The van der Waals surface area contributed by atoms with Gasteiger partial charge < -0.3 is 10.2 Å². The Kier molecular flexibility index (Phi) is 3.76. The number of halogens is 1. The summed E-state index contributed by atoms with van der Waals surface area (Å²) in [6.07, 6.45) is 0. The lowest BCUT2D eigenvalue weighted by atomic mass is 9.90. The molecule has 1 aromatic carbocycles. The molecule has 0 radical (unpaired) electrons. The first-order chi connectivity index (χ1) is 8.76. The van der Waals surface area contributed by atoms with Gasteiger partial charge in [0.25, 0.3) is 0 Å². The van der Waals surface area contributed by atoms with E-state index in [4.69, 9.17) is 0 Å². The molecule has 19 heavy (non-hydrogen) atoms. The SMILES string of the molecule is CC1(C)CNCC(C)(C)N(c2ccccc2Br)C1=O. The minimum atomic E-state index is -0.400. The minimum Gasteiger partial charge on any atom is -0.313 e. The number of para-hydroxylation sites is 1. The van der Waals surface area contributed by atoms with Gasteiger partial charge in [-0.15, -0.1) is 0 Å². The molecule has 1 amide bonds. The van der Waals surface area contributed by atoms with E-state index in [1.54, 1.807) is 0 Å². The first-order valence-corrected chi connectivity index (χ1v) is 7.35. The van der Waals surface area contributed by atoms with Gasteiger partial charge in [-0.2, -0.15) is 0 Å². The van der Waals surface area contributed by atoms with Crippen molar-refractivity contribution in [2.75, 3.05) is 18.0 Å². The number of nitrogens with zero attached hydrogens (tertiary/aromatic N) is 1. The highest BCUT2D eigenvalue weighted by molar-refractivity contribution is 9.10. The lowest BCUT2D eigenvalue weighted by molar-refractivity contribution is -0.126. The van der Waals surface area contributed by atoms with Crippen LogP contribution in [0, 0.1) is 5.41 Å². The Morgan fingerprint density at radius 2 is 1.79 bits per heavy atom. The molecule has 1 N–H and O–H groups in total. The summed E-state index contributed by atoms with van der Waals surface area (Å²) in [7, 11) is 0. The predicted octanol–water partition coefficient (Wildman–Crippen LogP) is 3.19. The molecule has 4 heteroatoms. The normalized spacial score (nSPS) is 22.2. The third kappa shape index (κ3) is 2.70. The zero-order valence-electron chi connectivity index (χ0n) is 12.0. The Hall–Kier alpha value is -0.870. The van der Waals surface area contributed by atoms with E-state index in [-0.39, 0.29) is 11.4 Å². The molecular weight excluding hydrogens is 304 g/mol. The number of anilines is 1. The molecule has 3 nitrogen and oxygen atoms in total. The number of hydrogen-bond donors (Lipinski definition) is 1. The maximum Gasteiger partial charge on any atom is 0.234 e. The lowest BCUT2D eigenvalue weighted by Gasteiger charge is -2.39. The summed E-state index contributed by atoms with van der Waals surface area (Å²) >= 11 is 3.56. The van der Waals surface area contributed by atoms with Gasteiger partial charge in [-0.25, -0.2) is 0 Å². The van der Waals surface area contributed by atoms with E-state index in [1.807, 2.05) is 43.0 Å². The van der Waals surface area contributed by atoms with Crippen LogP contribution in [0.3, 0.4) is 0 Å². The predicted molar refractivity (Wildman–Crippen MR) is 82.4 cm³/mol. The van der Waals surface area contributed by atoms with E-state index in [2.05, 4.69) is 35.1 Å². The van der Waals surface area contributed by atoms with Gasteiger partial charge in [-0.1, -0.05) is 12.1 Å². The van der Waals surface area contributed by atoms with Gasteiger partial charge in [0.15, 0.2) is 0 Å². The van der Waals surface area contributed by atoms with Gasteiger partial charge in [-0.05, 0) is 55.8 Å². The third-order valence-corrected chi connectivity index (χ3v) is 4.28. The highest BCUT2D eigenvalue weighted by atomic mass is 79.9. The van der Waals surface area contributed by atoms with Crippen molar-refractivity contribution < 1.29 is 4.79 Å². The highest BCUT2D eigenvalue weighted by Crippen LogP contribution is 2.36. The molecule has 1 aromatic rings. The Bertz CT molecular complexity index is 497. The standard InChI is InChI=1S/C15H21BrN2O/c1-14(2)9-17-10-15(3,4)18(13(14)19)12-8-6-5-7-11(12)16/h5-8,17H,9-10H2,1-4H3. The van der Waals surface area contributed by atoms with E-state index in [9.17, 15) is 4.79 Å². The molecule has 1 aliphatic rings. The minimum absolute atomic E-state index is 0.161. The summed E-state index contributed by atoms with van der Waals surface area (Å²) in [5.74, 6) is 0.161. The Labute approximate surface area is 123 Å². The molecule has 104 valence electrons. The Balaban J connectivity index is 2.55. The van der Waals surface area contributed by atoms with Gasteiger partial charge in [0.1, 0.15) is 0 Å². The number of rotatable bonds is 1. The van der Waals surface area contributed by atoms with Crippen LogP contribution in [-0.2, 0) is 4.79 Å². The van der Waals surface area contributed by atoms with E-state index < -0.39 is 5.41 Å². The molecule has 0 bridgehead atoms. The van der Waals surface area contributed by atoms with Crippen LogP contribution in [0.2, 0.25) is 0 Å². The molecule has 1 saturated heterocycles. The second-order valence-corrected chi connectivity index (χ2v) is 7.25. The van der Waals surface area contributed by atoms with Crippen molar-refractivity contribution in [3.05, 3.63) is 28.7 Å². The van der Waals surface area contributed by atoms with Crippen LogP contribution in [-0.4, -0.2) is 24.5 Å². The van der Waals surface area contributed by atoms with E-state index in [0.29, 0.717) is 6.54 Å². The lowest BCUT2D eigenvalue weighted by Crippen LogP contribution is -2.53. The van der Waals surface area contributed by atoms with E-state index >= 15 is 0 Å². The first-order valence-electron chi connectivity index (χ1n) is 6.56. The molecule has 0 aromatic heterocycles. The van der Waals surface area contributed by atoms with Gasteiger partial charge in [0.05, 0.1) is 16.6 Å². The number of carbonyl (C=O) groups is 1. The number of hydrogen-bond acceptors (Lipinski definition) is 2. The highest BCUT2D eigenvalue weighted by Gasteiger charge is 2.43. The number of nitrogens with one attached hydrogen (secondary N) is 1. The van der Waals surface area contributed by atoms with Crippen molar-refractivity contribution in [2.24, 2.45) is 5.41 Å². The zero-order valence-corrected chi connectivity index (χ0v) is 13.5. The van der Waals surface area contributed by atoms with Crippen molar-refractivity contribution in [1.29, 1.82) is 0 Å². The molecule has 2 rings (SSSR count). The largest absolute Gasteiger partial charge is 0.313 e. The van der Waals surface area contributed by atoms with E-state index in [0.717, 1.165) is 16.7 Å². The van der Waals surface area contributed by atoms with Crippen LogP contribution < -0.4 is 10.2 Å². The van der Waals surface area contributed by atoms with Crippen LogP contribution in [0.5, 0.6) is 0 Å². The molecule has 1 fully saturated rings. The van der Waals surface area contributed by atoms with Crippen LogP contribution in [0.15, 0.2) is 28.7 Å². The summed E-state index contributed by atoms with van der Waals surface area (Å²) in [6, 6.07) is 7.90. The Morgan fingerprint density at radius 3 is 2.42 bits per heavy atom. The summed E-state index contributed by atoms with van der Waals surface area (Å²) in [5, 5.41) is 3.40. The second-order valence-electron chi connectivity index (χ2n) is 6.39. The number of carbonyl (C=O) groups excluding carboxylic acids is 1. The summed E-state index contributed by atoms with van der Waals surface area (Å²) in [6.45, 7) is 9.67. The molecule has 1 heterocycles. The maximum atomic E-state index is 12.9. The smallest absolute Gasteiger partial charge is 0.234 e. The van der Waals surface area contributed by atoms with Crippen molar-refractivity contribution in [1.82, 2.24) is 5.32 Å². The summed E-state index contributed by atoms with van der Waals surface area (Å²) in [5.41, 5.74) is 0.284. The van der Waals surface area contributed by atoms with Gasteiger partial charge in [0, 0.05) is 17.6 Å². The van der Waals surface area contributed by atoms with Gasteiger partial charge in [0.2, 0.25) is 5.91 Å². The molecule has 0 atom stereocenters. The fraction of sp³-hybridized carbons (Fsp3) is 0.533. The molecular formula is C15H21BrN2O. The number of benzene rings is 1. The molecule has 1 aliphatic heterocycles. The fourth-order valence-electron chi connectivity index (χ4n) is 2.48. The van der Waals surface area contributed by atoms with Gasteiger partial charge >= 0.3 is 0 Å². The fourth-order valence-corrected chi connectivity index (χ4v) is 2.94. The first kappa shape index (κ1) is 14.5. The monoisotopic (exact) mass is 324 g/mol. The second kappa shape index (κ2) is 4.91. The summed E-state index contributed by atoms with van der Waals surface area (Å²) in [4.78, 5) is 14.8. The molecule has 0 aliphatic carbocycles. The van der Waals surface area contributed by atoms with Crippen molar-refractivity contribution in [2.45, 2.75) is 33.2 Å². The van der Waals surface area contributed by atoms with Crippen molar-refractivity contribution in [3.63, 3.8) is 0 Å². The van der Waals surface area contributed by atoms with Crippen molar-refractivity contribution in [3.8, 4) is 0 Å². The van der Waals surface area contributed by atoms with Crippen LogP contribution in [0.4, 0.5) is 5.69 Å². The number of amides is 1. The Morgan fingerprint density at radius 1 is 1.16 bits per heavy atom. The quantitative estimate of drug-likeness (QED) is 0.860. The zero-order chi connectivity index (χ0) is 14.3. The maximum absolute atomic E-state index is 12.9. The average Bonchev–Trinajstić information content (AvgIpc) is 2.37. The average molecular weight is 325 g/mol. The summed E-state index contributed by atoms with van der Waals surface area (Å²) < 4.78 is 0.953. The van der Waals surface area contributed by atoms with Crippen molar-refractivity contribution >= 4 is 27.5 Å². The molecule has 0 unspecified atom stereocenters. The van der Waals surface area contributed by atoms with Crippen LogP contribution in [0.1, 0.15) is 27.7 Å². The third-order valence-electron chi connectivity index (χ3n) is 3.61. The molecule has 0 saturated carbocycles. The van der Waals surface area contributed by atoms with E-state index in [1.165, 1.54) is 0 Å². The van der Waals surface area contributed by atoms with Crippen LogP contribution in [0.25, 0.3) is 0 Å². The topological polar surface area (TPSA) is 32.3 Å². The molecule has 0 spiro atoms. The van der Waals surface area contributed by atoms with Crippen LogP contribution >= 0.6 is 15.9 Å².